The normalized spacial score (nSPS) is 46.1. The topological polar surface area (TPSA) is 55.5 Å². The van der Waals surface area contributed by atoms with Crippen LogP contribution in [0.4, 0.5) is 0 Å². The van der Waals surface area contributed by atoms with E-state index in [2.05, 4.69) is 0 Å². The highest BCUT2D eigenvalue weighted by Crippen LogP contribution is 2.20. The maximum absolute atomic E-state index is 8.87. The number of aliphatic hydroxyl groups excluding tert-OH is 1. The molecule has 0 aromatic carbocycles. The second kappa shape index (κ2) is 2.01. The molecule has 0 heterocycles. The second-order valence-electron chi connectivity index (χ2n) is 2.17. The van der Waals surface area contributed by atoms with Crippen molar-refractivity contribution in [2.24, 2.45) is 5.73 Å². The largest absolute Gasteiger partial charge is 0.390 e. The lowest BCUT2D eigenvalue weighted by molar-refractivity contribution is -0.0912. The van der Waals surface area contributed by atoms with Gasteiger partial charge in [0.15, 0.2) is 0 Å². The molecule has 0 radical (unpaired) electrons. The zero-order valence-electron chi connectivity index (χ0n) is 4.87. The van der Waals surface area contributed by atoms with Crippen molar-refractivity contribution in [1.82, 2.24) is 0 Å². The zero-order valence-corrected chi connectivity index (χ0v) is 4.87. The average molecular weight is 117 g/mol. The van der Waals surface area contributed by atoms with E-state index in [1.54, 1.807) is 7.11 Å². The molecule has 0 bridgehead atoms. The van der Waals surface area contributed by atoms with Crippen molar-refractivity contribution >= 4 is 0 Å². The van der Waals surface area contributed by atoms with Gasteiger partial charge in [0.05, 0.1) is 12.2 Å². The van der Waals surface area contributed by atoms with E-state index in [0.29, 0.717) is 6.42 Å². The van der Waals surface area contributed by atoms with Crippen LogP contribution in [0, 0.1) is 0 Å². The molecule has 1 rings (SSSR count). The number of ether oxygens (including phenoxy) is 1. The standard InChI is InChI=1S/C5H11NO2/c1-8-5-3(6)2-4(5)7/h3-5,7H,2,6H2,1H3/t3-,4-,5-/m1/s1. The number of hydrogen-bond donors (Lipinski definition) is 2. The summed E-state index contributed by atoms with van der Waals surface area (Å²) >= 11 is 0. The first-order chi connectivity index (χ1) is 3.75. The Morgan fingerprint density at radius 2 is 2.38 bits per heavy atom. The van der Waals surface area contributed by atoms with E-state index in [0.717, 1.165) is 0 Å². The average Bonchev–Trinajstić information content (AvgIpc) is 1.67. The highest BCUT2D eigenvalue weighted by molar-refractivity contribution is 4.93. The van der Waals surface area contributed by atoms with Crippen molar-refractivity contribution in [2.45, 2.75) is 24.7 Å². The molecule has 3 nitrogen and oxygen atoms in total. The van der Waals surface area contributed by atoms with Crippen LogP contribution in [0.15, 0.2) is 0 Å². The van der Waals surface area contributed by atoms with Crippen molar-refractivity contribution < 1.29 is 9.84 Å². The van der Waals surface area contributed by atoms with Crippen LogP contribution in [0.3, 0.4) is 0 Å². The van der Waals surface area contributed by atoms with E-state index in [1.165, 1.54) is 0 Å². The number of methoxy groups -OCH3 is 1. The molecule has 3 atom stereocenters. The van der Waals surface area contributed by atoms with Gasteiger partial charge in [0, 0.05) is 13.2 Å². The molecule has 8 heavy (non-hydrogen) atoms. The molecule has 48 valence electrons. The van der Waals surface area contributed by atoms with Crippen molar-refractivity contribution in [3.8, 4) is 0 Å². The molecule has 1 fully saturated rings. The molecule has 1 saturated carbocycles. The molecule has 1 aliphatic rings. The van der Waals surface area contributed by atoms with Crippen molar-refractivity contribution in [3.63, 3.8) is 0 Å². The Hall–Kier alpha value is -0.120. The molecule has 0 unspecified atom stereocenters. The Balaban J connectivity index is 2.29. The first kappa shape index (κ1) is 6.01. The lowest BCUT2D eigenvalue weighted by atomic mass is 9.86. The molecule has 0 saturated heterocycles. The van der Waals surface area contributed by atoms with E-state index in [9.17, 15) is 0 Å². The predicted octanol–water partition coefficient (Wildman–Crippen LogP) is -0.907. The molecular formula is C5H11NO2. The van der Waals surface area contributed by atoms with Crippen LogP contribution in [0.1, 0.15) is 6.42 Å². The fourth-order valence-corrected chi connectivity index (χ4v) is 0.968. The van der Waals surface area contributed by atoms with Gasteiger partial charge in [0.1, 0.15) is 0 Å². The van der Waals surface area contributed by atoms with Gasteiger partial charge < -0.3 is 15.6 Å². The minimum atomic E-state index is -0.324. The van der Waals surface area contributed by atoms with Gasteiger partial charge in [-0.3, -0.25) is 0 Å². The highest BCUT2D eigenvalue weighted by Gasteiger charge is 2.37. The van der Waals surface area contributed by atoms with E-state index in [4.69, 9.17) is 15.6 Å². The SMILES string of the molecule is CO[C@@H]1[C@H](N)C[C@H]1O. The molecule has 0 amide bonds. The molecule has 0 aromatic rings. The van der Waals surface area contributed by atoms with Crippen LogP contribution in [0.2, 0.25) is 0 Å². The van der Waals surface area contributed by atoms with Gasteiger partial charge in [-0.05, 0) is 6.42 Å². The molecule has 3 heteroatoms. The summed E-state index contributed by atoms with van der Waals surface area (Å²) in [6, 6.07) is 0.0509. The Bertz CT molecular complexity index is 78.5. The van der Waals surface area contributed by atoms with Crippen molar-refractivity contribution in [3.05, 3.63) is 0 Å². The zero-order chi connectivity index (χ0) is 6.15. The van der Waals surface area contributed by atoms with Crippen LogP contribution in [0.25, 0.3) is 0 Å². The lowest BCUT2D eigenvalue weighted by Gasteiger charge is -2.37. The van der Waals surface area contributed by atoms with Crippen molar-refractivity contribution in [2.75, 3.05) is 7.11 Å². The van der Waals surface area contributed by atoms with Gasteiger partial charge in [-0.15, -0.1) is 0 Å². The minimum Gasteiger partial charge on any atom is -0.390 e. The summed E-state index contributed by atoms with van der Waals surface area (Å²) in [4.78, 5) is 0. The molecule has 0 aromatic heterocycles. The summed E-state index contributed by atoms with van der Waals surface area (Å²) < 4.78 is 4.84. The summed E-state index contributed by atoms with van der Waals surface area (Å²) in [5.41, 5.74) is 5.44. The monoisotopic (exact) mass is 117 g/mol. The number of nitrogens with two attached hydrogens (primary N) is 1. The van der Waals surface area contributed by atoms with E-state index >= 15 is 0 Å². The number of hydrogen-bond acceptors (Lipinski definition) is 3. The van der Waals surface area contributed by atoms with Gasteiger partial charge in [-0.2, -0.15) is 0 Å². The lowest BCUT2D eigenvalue weighted by Crippen LogP contribution is -2.56. The number of aliphatic hydroxyl groups is 1. The van der Waals surface area contributed by atoms with Crippen LogP contribution < -0.4 is 5.73 Å². The Kier molecular flexibility index (Phi) is 1.51. The van der Waals surface area contributed by atoms with E-state index in [-0.39, 0.29) is 18.2 Å². The van der Waals surface area contributed by atoms with Gasteiger partial charge in [0.2, 0.25) is 0 Å². The number of rotatable bonds is 1. The Labute approximate surface area is 48.4 Å². The minimum absolute atomic E-state index is 0.0509. The van der Waals surface area contributed by atoms with E-state index in [1.807, 2.05) is 0 Å². The van der Waals surface area contributed by atoms with E-state index < -0.39 is 0 Å². The third-order valence-electron chi connectivity index (χ3n) is 1.59. The fourth-order valence-electron chi connectivity index (χ4n) is 0.968. The molecular weight excluding hydrogens is 106 g/mol. The van der Waals surface area contributed by atoms with Crippen LogP contribution in [-0.2, 0) is 4.74 Å². The smallest absolute Gasteiger partial charge is 0.0982 e. The molecule has 3 N–H and O–H groups in total. The summed E-state index contributed by atoms with van der Waals surface area (Å²) in [5, 5.41) is 8.87. The van der Waals surface area contributed by atoms with Crippen LogP contribution in [-0.4, -0.2) is 30.5 Å². The Morgan fingerprint density at radius 1 is 1.75 bits per heavy atom. The molecule has 1 aliphatic carbocycles. The predicted molar refractivity (Wildman–Crippen MR) is 29.4 cm³/mol. The van der Waals surface area contributed by atoms with Crippen LogP contribution >= 0.6 is 0 Å². The van der Waals surface area contributed by atoms with Gasteiger partial charge in [-0.25, -0.2) is 0 Å². The van der Waals surface area contributed by atoms with Crippen LogP contribution in [0.5, 0.6) is 0 Å². The maximum Gasteiger partial charge on any atom is 0.0982 e. The van der Waals surface area contributed by atoms with Gasteiger partial charge in [0.25, 0.3) is 0 Å². The maximum atomic E-state index is 8.87. The summed E-state index contributed by atoms with van der Waals surface area (Å²) in [6.07, 6.45) is 0.239. The summed E-state index contributed by atoms with van der Waals surface area (Å²) in [5.74, 6) is 0. The molecule has 0 spiro atoms. The third-order valence-corrected chi connectivity index (χ3v) is 1.59. The van der Waals surface area contributed by atoms with Gasteiger partial charge >= 0.3 is 0 Å². The summed E-state index contributed by atoms with van der Waals surface area (Å²) in [6.45, 7) is 0. The highest BCUT2D eigenvalue weighted by atomic mass is 16.5. The fraction of sp³-hybridized carbons (Fsp3) is 1.00. The second-order valence-corrected chi connectivity index (χ2v) is 2.17. The first-order valence-corrected chi connectivity index (χ1v) is 2.72. The summed E-state index contributed by atoms with van der Waals surface area (Å²) in [7, 11) is 1.56. The van der Waals surface area contributed by atoms with Gasteiger partial charge in [-0.1, -0.05) is 0 Å². The first-order valence-electron chi connectivity index (χ1n) is 2.72. The Morgan fingerprint density at radius 3 is 2.50 bits per heavy atom. The quantitative estimate of drug-likeness (QED) is 0.467. The third kappa shape index (κ3) is 0.727. The molecule has 0 aliphatic heterocycles. The van der Waals surface area contributed by atoms with Crippen molar-refractivity contribution in [1.29, 1.82) is 0 Å².